The summed E-state index contributed by atoms with van der Waals surface area (Å²) in [6.45, 7) is 5.39. The second kappa shape index (κ2) is 7.84. The van der Waals surface area contributed by atoms with Crippen molar-refractivity contribution < 1.29 is 14.3 Å². The van der Waals surface area contributed by atoms with Gasteiger partial charge in [-0.2, -0.15) is 20.1 Å². The number of carbonyl (C=O) groups is 1. The molecule has 1 aromatic carbocycles. The first kappa shape index (κ1) is 21.1. The van der Waals surface area contributed by atoms with Crippen LogP contribution in [0, 0.1) is 0 Å². The van der Waals surface area contributed by atoms with Gasteiger partial charge in [-0.3, -0.25) is 5.32 Å². The number of rotatable bonds is 4. The Bertz CT molecular complexity index is 1300. The van der Waals surface area contributed by atoms with Crippen molar-refractivity contribution in [2.24, 2.45) is 7.05 Å². The molecule has 0 bridgehead atoms. The number of aryl methyl sites for hydroxylation is 1. The molecular formula is C21H24N8O3. The first-order valence-electron chi connectivity index (χ1n) is 9.83. The van der Waals surface area contributed by atoms with Crippen LogP contribution in [0.1, 0.15) is 20.8 Å². The number of carbonyl (C=O) groups excluding carboxylic acids is 1. The average Bonchev–Trinajstić information content (AvgIpc) is 3.31. The summed E-state index contributed by atoms with van der Waals surface area (Å²) in [7, 11) is 3.27. The van der Waals surface area contributed by atoms with Crippen molar-refractivity contribution >= 4 is 23.1 Å². The molecule has 11 heteroatoms. The molecule has 3 N–H and O–H groups in total. The smallest absolute Gasteiger partial charge is 0.412 e. The Morgan fingerprint density at radius 3 is 2.62 bits per heavy atom. The topological polar surface area (TPSA) is 134 Å². The van der Waals surface area contributed by atoms with E-state index in [9.17, 15) is 4.79 Å². The van der Waals surface area contributed by atoms with E-state index in [2.05, 4.69) is 25.6 Å². The maximum atomic E-state index is 12.2. The van der Waals surface area contributed by atoms with E-state index in [0.717, 1.165) is 11.1 Å². The molecule has 0 aliphatic heterocycles. The third-order valence-corrected chi connectivity index (χ3v) is 4.59. The Balaban J connectivity index is 1.78. The summed E-state index contributed by atoms with van der Waals surface area (Å²) in [5.41, 5.74) is 9.63. The normalized spacial score (nSPS) is 11.5. The van der Waals surface area contributed by atoms with Crippen molar-refractivity contribution in [3.05, 3.63) is 36.8 Å². The molecule has 4 rings (SSSR count). The molecule has 0 unspecified atom stereocenters. The van der Waals surface area contributed by atoms with E-state index in [-0.39, 0.29) is 0 Å². The van der Waals surface area contributed by atoms with Gasteiger partial charge in [0.1, 0.15) is 28.9 Å². The molecule has 0 aliphatic carbocycles. The summed E-state index contributed by atoms with van der Waals surface area (Å²) >= 11 is 0. The number of amides is 1. The van der Waals surface area contributed by atoms with Gasteiger partial charge in [-0.15, -0.1) is 0 Å². The number of methoxy groups -OCH3 is 1. The Morgan fingerprint density at radius 1 is 1.19 bits per heavy atom. The number of nitrogens with one attached hydrogen (secondary N) is 1. The van der Waals surface area contributed by atoms with Crippen molar-refractivity contribution in [3.8, 4) is 28.3 Å². The SMILES string of the molecule is COc1cc(-c2cc(-c3cnn(C)n3)n3ncnc(N)c23)ccc1NC(=O)OC(C)(C)C. The molecule has 0 aliphatic rings. The number of ether oxygens (including phenoxy) is 2. The molecule has 4 aromatic rings. The molecule has 0 fully saturated rings. The van der Waals surface area contributed by atoms with E-state index in [4.69, 9.17) is 15.2 Å². The number of hydrogen-bond donors (Lipinski definition) is 2. The van der Waals surface area contributed by atoms with Crippen LogP contribution in [0.3, 0.4) is 0 Å². The second-order valence-electron chi connectivity index (χ2n) is 8.11. The van der Waals surface area contributed by atoms with Gasteiger partial charge in [0, 0.05) is 12.6 Å². The minimum absolute atomic E-state index is 0.320. The number of nitrogens with zero attached hydrogens (tertiary/aromatic N) is 6. The van der Waals surface area contributed by atoms with Crippen LogP contribution in [-0.2, 0) is 11.8 Å². The highest BCUT2D eigenvalue weighted by molar-refractivity contribution is 5.93. The molecule has 0 atom stereocenters. The molecule has 0 saturated heterocycles. The summed E-state index contributed by atoms with van der Waals surface area (Å²) in [4.78, 5) is 17.8. The number of anilines is 2. The van der Waals surface area contributed by atoms with Crippen LogP contribution >= 0.6 is 0 Å². The Labute approximate surface area is 184 Å². The van der Waals surface area contributed by atoms with Gasteiger partial charge in [0.25, 0.3) is 0 Å². The summed E-state index contributed by atoms with van der Waals surface area (Å²) in [5.74, 6) is 0.782. The van der Waals surface area contributed by atoms with E-state index < -0.39 is 11.7 Å². The maximum Gasteiger partial charge on any atom is 0.412 e. The fraction of sp³-hybridized carbons (Fsp3) is 0.286. The predicted octanol–water partition coefficient (Wildman–Crippen LogP) is 3.13. The number of benzene rings is 1. The second-order valence-corrected chi connectivity index (χ2v) is 8.11. The zero-order valence-corrected chi connectivity index (χ0v) is 18.4. The molecule has 11 nitrogen and oxygen atoms in total. The fourth-order valence-corrected chi connectivity index (χ4v) is 3.31. The average molecular weight is 436 g/mol. The van der Waals surface area contributed by atoms with Crippen molar-refractivity contribution in [2.75, 3.05) is 18.2 Å². The van der Waals surface area contributed by atoms with Gasteiger partial charge < -0.3 is 15.2 Å². The van der Waals surface area contributed by atoms with Gasteiger partial charge in [-0.25, -0.2) is 14.3 Å². The highest BCUT2D eigenvalue weighted by Crippen LogP contribution is 2.37. The zero-order chi connectivity index (χ0) is 23.0. The number of fused-ring (bicyclic) bond motifs is 1. The van der Waals surface area contributed by atoms with E-state index in [1.807, 2.05) is 12.1 Å². The first-order valence-corrected chi connectivity index (χ1v) is 9.83. The monoisotopic (exact) mass is 436 g/mol. The summed E-state index contributed by atoms with van der Waals surface area (Å²) < 4.78 is 12.5. The minimum Gasteiger partial charge on any atom is -0.495 e. The molecule has 3 aromatic heterocycles. The van der Waals surface area contributed by atoms with E-state index >= 15 is 0 Å². The molecule has 3 heterocycles. The Hall–Kier alpha value is -4.15. The van der Waals surface area contributed by atoms with Crippen molar-refractivity contribution in [3.63, 3.8) is 0 Å². The molecule has 0 radical (unpaired) electrons. The molecule has 166 valence electrons. The summed E-state index contributed by atoms with van der Waals surface area (Å²) in [5, 5.41) is 15.6. The molecular weight excluding hydrogens is 412 g/mol. The van der Waals surface area contributed by atoms with Gasteiger partial charge in [0.2, 0.25) is 0 Å². The van der Waals surface area contributed by atoms with Gasteiger partial charge in [-0.05, 0) is 44.5 Å². The Morgan fingerprint density at radius 2 is 1.97 bits per heavy atom. The molecule has 32 heavy (non-hydrogen) atoms. The van der Waals surface area contributed by atoms with E-state index in [1.165, 1.54) is 18.2 Å². The number of nitrogen functional groups attached to an aromatic ring is 1. The highest BCUT2D eigenvalue weighted by atomic mass is 16.6. The molecule has 0 spiro atoms. The van der Waals surface area contributed by atoms with Gasteiger partial charge in [-0.1, -0.05) is 6.07 Å². The van der Waals surface area contributed by atoms with Crippen LogP contribution in [0.15, 0.2) is 36.8 Å². The maximum absolute atomic E-state index is 12.2. The van der Waals surface area contributed by atoms with Crippen LogP contribution in [0.5, 0.6) is 5.75 Å². The van der Waals surface area contributed by atoms with Crippen LogP contribution in [0.2, 0.25) is 0 Å². The predicted molar refractivity (Wildman–Crippen MR) is 119 cm³/mol. The lowest BCUT2D eigenvalue weighted by molar-refractivity contribution is 0.0635. The van der Waals surface area contributed by atoms with Gasteiger partial charge >= 0.3 is 6.09 Å². The van der Waals surface area contributed by atoms with Crippen LogP contribution in [-0.4, -0.2) is 48.4 Å². The van der Waals surface area contributed by atoms with Gasteiger partial charge in [0.15, 0.2) is 5.82 Å². The molecule has 1 amide bonds. The minimum atomic E-state index is -0.614. The van der Waals surface area contributed by atoms with Crippen LogP contribution < -0.4 is 15.8 Å². The van der Waals surface area contributed by atoms with Crippen molar-refractivity contribution in [2.45, 2.75) is 26.4 Å². The first-order chi connectivity index (χ1) is 15.2. The van der Waals surface area contributed by atoms with E-state index in [0.29, 0.717) is 34.2 Å². The van der Waals surface area contributed by atoms with Crippen LogP contribution in [0.25, 0.3) is 28.0 Å². The third kappa shape index (κ3) is 4.04. The largest absolute Gasteiger partial charge is 0.495 e. The number of hydrogen-bond acceptors (Lipinski definition) is 8. The van der Waals surface area contributed by atoms with Crippen LogP contribution in [0.4, 0.5) is 16.3 Å². The van der Waals surface area contributed by atoms with Crippen molar-refractivity contribution in [1.82, 2.24) is 29.6 Å². The lowest BCUT2D eigenvalue weighted by Crippen LogP contribution is -2.27. The third-order valence-electron chi connectivity index (χ3n) is 4.59. The summed E-state index contributed by atoms with van der Waals surface area (Å²) in [6.07, 6.45) is 2.47. The lowest BCUT2D eigenvalue weighted by atomic mass is 10.1. The van der Waals surface area contributed by atoms with E-state index in [1.54, 1.807) is 50.7 Å². The quantitative estimate of drug-likeness (QED) is 0.498. The Kier molecular flexibility index (Phi) is 5.17. The van der Waals surface area contributed by atoms with Crippen molar-refractivity contribution in [1.29, 1.82) is 0 Å². The highest BCUT2D eigenvalue weighted by Gasteiger charge is 2.21. The zero-order valence-electron chi connectivity index (χ0n) is 18.4. The molecule has 0 saturated carbocycles. The number of aromatic nitrogens is 6. The number of nitrogens with two attached hydrogens (primary N) is 1. The summed E-state index contributed by atoms with van der Waals surface area (Å²) in [6, 6.07) is 7.30. The fourth-order valence-electron chi connectivity index (χ4n) is 3.31. The lowest BCUT2D eigenvalue weighted by Gasteiger charge is -2.20. The van der Waals surface area contributed by atoms with Gasteiger partial charge in [0.05, 0.1) is 24.7 Å². The standard InChI is InChI=1S/C21H24N8O3/c1-21(2,3)32-20(30)26-14-7-6-12(8-17(14)31-5)13-9-16(15-10-24-28(4)27-15)29-18(13)19(22)23-11-25-29/h6-11H,1-5H3,(H,26,30)(H2,22,23,25).